The summed E-state index contributed by atoms with van der Waals surface area (Å²) in [6.45, 7) is 3.38. The van der Waals surface area contributed by atoms with E-state index in [1.807, 2.05) is 6.92 Å². The summed E-state index contributed by atoms with van der Waals surface area (Å²) >= 11 is 0. The standard InChI is InChI=1S/C13H19N3O4/c1-2-5-20-11-9-14-8-10(15-11)16-13(12(17)18)3-6-19-7-4-13/h8-9H,2-7H2,1H3,(H,15,16)(H,17,18). The molecule has 0 bridgehead atoms. The lowest BCUT2D eigenvalue weighted by Crippen LogP contribution is -2.50. The number of rotatable bonds is 6. The number of nitrogens with one attached hydrogen (secondary N) is 1. The molecule has 1 aliphatic rings. The Hall–Kier alpha value is -1.89. The van der Waals surface area contributed by atoms with Crippen LogP contribution in [-0.4, -0.2) is 46.4 Å². The van der Waals surface area contributed by atoms with E-state index in [4.69, 9.17) is 9.47 Å². The molecule has 2 N–H and O–H groups in total. The number of nitrogens with zero attached hydrogens (tertiary/aromatic N) is 2. The van der Waals surface area contributed by atoms with E-state index in [0.29, 0.717) is 44.4 Å². The zero-order chi connectivity index (χ0) is 14.4. The maximum Gasteiger partial charge on any atom is 0.329 e. The summed E-state index contributed by atoms with van der Waals surface area (Å²) in [6, 6.07) is 0. The zero-order valence-corrected chi connectivity index (χ0v) is 11.5. The Morgan fingerprint density at radius 2 is 2.25 bits per heavy atom. The molecule has 2 heterocycles. The Bertz CT molecular complexity index is 461. The van der Waals surface area contributed by atoms with Gasteiger partial charge in [0.2, 0.25) is 5.88 Å². The predicted octanol–water partition coefficient (Wildman–Crippen LogP) is 1.31. The molecule has 1 aromatic rings. The number of hydrogen-bond acceptors (Lipinski definition) is 6. The molecule has 0 amide bonds. The van der Waals surface area contributed by atoms with Crippen molar-refractivity contribution in [2.24, 2.45) is 0 Å². The smallest absolute Gasteiger partial charge is 0.329 e. The van der Waals surface area contributed by atoms with Gasteiger partial charge in [-0.3, -0.25) is 4.98 Å². The first-order valence-electron chi connectivity index (χ1n) is 6.70. The molecule has 0 aliphatic carbocycles. The molecule has 110 valence electrons. The molecule has 20 heavy (non-hydrogen) atoms. The number of ether oxygens (including phenoxy) is 2. The van der Waals surface area contributed by atoms with Crippen LogP contribution in [0.15, 0.2) is 12.4 Å². The number of carbonyl (C=O) groups is 1. The van der Waals surface area contributed by atoms with Crippen LogP contribution in [0.5, 0.6) is 5.88 Å². The van der Waals surface area contributed by atoms with Crippen LogP contribution in [0.25, 0.3) is 0 Å². The number of carboxylic acid groups (broad SMARTS) is 1. The van der Waals surface area contributed by atoms with Gasteiger partial charge in [-0.1, -0.05) is 6.92 Å². The second kappa shape index (κ2) is 6.51. The largest absolute Gasteiger partial charge is 0.480 e. The van der Waals surface area contributed by atoms with Crippen molar-refractivity contribution in [1.82, 2.24) is 9.97 Å². The molecular formula is C13H19N3O4. The minimum Gasteiger partial charge on any atom is -0.480 e. The fraction of sp³-hybridized carbons (Fsp3) is 0.615. The highest BCUT2D eigenvalue weighted by Crippen LogP contribution is 2.26. The summed E-state index contributed by atoms with van der Waals surface area (Å²) in [6.07, 6.45) is 4.67. The first-order chi connectivity index (χ1) is 9.66. The van der Waals surface area contributed by atoms with Gasteiger partial charge in [-0.25, -0.2) is 4.79 Å². The maximum atomic E-state index is 11.5. The molecule has 0 radical (unpaired) electrons. The minimum atomic E-state index is -1.05. The van der Waals surface area contributed by atoms with Crippen LogP contribution in [0.2, 0.25) is 0 Å². The number of carboxylic acids is 1. The highest BCUT2D eigenvalue weighted by atomic mass is 16.5. The molecule has 2 rings (SSSR count). The van der Waals surface area contributed by atoms with Gasteiger partial charge in [-0.05, 0) is 6.42 Å². The zero-order valence-electron chi connectivity index (χ0n) is 11.5. The Labute approximate surface area is 117 Å². The van der Waals surface area contributed by atoms with Crippen LogP contribution in [0.1, 0.15) is 26.2 Å². The van der Waals surface area contributed by atoms with Crippen molar-refractivity contribution in [3.63, 3.8) is 0 Å². The van der Waals surface area contributed by atoms with Gasteiger partial charge >= 0.3 is 5.97 Å². The van der Waals surface area contributed by atoms with Crippen LogP contribution in [0, 0.1) is 0 Å². The number of aliphatic carboxylic acids is 1. The normalized spacial score (nSPS) is 17.4. The third kappa shape index (κ3) is 3.36. The van der Waals surface area contributed by atoms with E-state index in [1.54, 1.807) is 0 Å². The average Bonchev–Trinajstić information content (AvgIpc) is 2.46. The summed E-state index contributed by atoms with van der Waals surface area (Å²) in [5.41, 5.74) is -1.05. The summed E-state index contributed by atoms with van der Waals surface area (Å²) < 4.78 is 10.6. The molecule has 1 aromatic heterocycles. The van der Waals surface area contributed by atoms with Gasteiger partial charge in [0.05, 0.1) is 19.0 Å². The highest BCUT2D eigenvalue weighted by molar-refractivity contribution is 5.82. The predicted molar refractivity (Wildman–Crippen MR) is 71.9 cm³/mol. The topological polar surface area (TPSA) is 93.6 Å². The molecular weight excluding hydrogens is 262 g/mol. The molecule has 1 saturated heterocycles. The Kier molecular flexibility index (Phi) is 4.73. The Balaban J connectivity index is 2.12. The van der Waals surface area contributed by atoms with Gasteiger partial charge in [-0.15, -0.1) is 0 Å². The summed E-state index contributed by atoms with van der Waals surface area (Å²) in [5, 5.41) is 12.4. The van der Waals surface area contributed by atoms with Crippen LogP contribution in [0.4, 0.5) is 5.82 Å². The van der Waals surface area contributed by atoms with E-state index in [2.05, 4.69) is 15.3 Å². The van der Waals surface area contributed by atoms with Crippen LogP contribution >= 0.6 is 0 Å². The van der Waals surface area contributed by atoms with E-state index in [1.165, 1.54) is 12.4 Å². The molecule has 0 spiro atoms. The number of anilines is 1. The van der Waals surface area contributed by atoms with Crippen molar-refractivity contribution in [1.29, 1.82) is 0 Å². The molecule has 0 atom stereocenters. The molecule has 0 saturated carbocycles. The van der Waals surface area contributed by atoms with Crippen molar-refractivity contribution >= 4 is 11.8 Å². The maximum absolute atomic E-state index is 11.5. The van der Waals surface area contributed by atoms with E-state index in [9.17, 15) is 9.90 Å². The number of aromatic nitrogens is 2. The lowest BCUT2D eigenvalue weighted by molar-refractivity contribution is -0.145. The van der Waals surface area contributed by atoms with Crippen molar-refractivity contribution in [3.05, 3.63) is 12.4 Å². The molecule has 0 unspecified atom stereocenters. The quantitative estimate of drug-likeness (QED) is 0.812. The first kappa shape index (κ1) is 14.5. The lowest BCUT2D eigenvalue weighted by atomic mass is 9.90. The minimum absolute atomic E-state index is 0.393. The van der Waals surface area contributed by atoms with Crippen molar-refractivity contribution in [2.75, 3.05) is 25.1 Å². The third-order valence-corrected chi connectivity index (χ3v) is 3.19. The van der Waals surface area contributed by atoms with Gasteiger partial charge in [0.25, 0.3) is 0 Å². The third-order valence-electron chi connectivity index (χ3n) is 3.19. The van der Waals surface area contributed by atoms with E-state index >= 15 is 0 Å². The van der Waals surface area contributed by atoms with Crippen LogP contribution < -0.4 is 10.1 Å². The van der Waals surface area contributed by atoms with Gasteiger partial charge < -0.3 is 19.9 Å². The second-order valence-electron chi connectivity index (χ2n) is 4.72. The SMILES string of the molecule is CCCOc1cncc(NC2(C(=O)O)CCOCC2)n1. The summed E-state index contributed by atoms with van der Waals surface area (Å²) in [4.78, 5) is 19.8. The monoisotopic (exact) mass is 281 g/mol. The molecule has 1 fully saturated rings. The van der Waals surface area contributed by atoms with Gasteiger partial charge in [0.1, 0.15) is 11.4 Å². The Morgan fingerprint density at radius 1 is 1.50 bits per heavy atom. The summed E-state index contributed by atoms with van der Waals surface area (Å²) in [7, 11) is 0. The molecule has 7 heteroatoms. The van der Waals surface area contributed by atoms with Crippen molar-refractivity contribution < 1.29 is 19.4 Å². The first-order valence-corrected chi connectivity index (χ1v) is 6.70. The lowest BCUT2D eigenvalue weighted by Gasteiger charge is -2.34. The molecule has 0 aromatic carbocycles. The second-order valence-corrected chi connectivity index (χ2v) is 4.72. The number of hydrogen-bond donors (Lipinski definition) is 2. The highest BCUT2D eigenvalue weighted by Gasteiger charge is 2.40. The van der Waals surface area contributed by atoms with Crippen LogP contribution in [0.3, 0.4) is 0 Å². The average molecular weight is 281 g/mol. The van der Waals surface area contributed by atoms with Gasteiger partial charge in [0, 0.05) is 26.1 Å². The molecule has 1 aliphatic heterocycles. The van der Waals surface area contributed by atoms with E-state index in [0.717, 1.165) is 6.42 Å². The fourth-order valence-corrected chi connectivity index (χ4v) is 2.04. The Morgan fingerprint density at radius 3 is 2.90 bits per heavy atom. The van der Waals surface area contributed by atoms with Crippen molar-refractivity contribution in [3.8, 4) is 5.88 Å². The van der Waals surface area contributed by atoms with Gasteiger partial charge in [-0.2, -0.15) is 4.98 Å². The van der Waals surface area contributed by atoms with Gasteiger partial charge in [0.15, 0.2) is 0 Å². The van der Waals surface area contributed by atoms with E-state index in [-0.39, 0.29) is 0 Å². The van der Waals surface area contributed by atoms with Crippen LogP contribution in [-0.2, 0) is 9.53 Å². The van der Waals surface area contributed by atoms with E-state index < -0.39 is 11.5 Å². The summed E-state index contributed by atoms with van der Waals surface area (Å²) in [5.74, 6) is -0.102. The van der Waals surface area contributed by atoms with Crippen molar-refractivity contribution in [2.45, 2.75) is 31.7 Å². The fourth-order valence-electron chi connectivity index (χ4n) is 2.04. The molecule has 7 nitrogen and oxygen atoms in total.